The van der Waals surface area contributed by atoms with Gasteiger partial charge in [-0.3, -0.25) is 0 Å². The van der Waals surface area contributed by atoms with Gasteiger partial charge < -0.3 is 4.74 Å². The molecule has 2 rings (SSSR count). The number of carbonyl (C=O) groups excluding carboxylic acids is 1. The van der Waals surface area contributed by atoms with Crippen molar-refractivity contribution in [2.24, 2.45) is 5.92 Å². The molecule has 174 valence electrons. The topological polar surface area (TPSA) is 52.1 Å². The number of ether oxygens (including phenoxy) is 1. The summed E-state index contributed by atoms with van der Waals surface area (Å²) in [5.41, 5.74) is 3.12. The molecule has 2 aromatic rings. The summed E-state index contributed by atoms with van der Waals surface area (Å²) in [5.74, 6) is 0.816. The van der Waals surface area contributed by atoms with Gasteiger partial charge >= 0.3 is 5.97 Å². The average Bonchev–Trinajstić information content (AvgIpc) is 2.83. The summed E-state index contributed by atoms with van der Waals surface area (Å²) in [6.07, 6.45) is 19.8. The highest BCUT2D eigenvalue weighted by molar-refractivity contribution is 5.87. The van der Waals surface area contributed by atoms with Crippen molar-refractivity contribution in [3.8, 4) is 11.4 Å². The highest BCUT2D eigenvalue weighted by Gasteiger charge is 2.04. The van der Waals surface area contributed by atoms with Gasteiger partial charge in [-0.05, 0) is 36.0 Å². The first kappa shape index (κ1) is 25.8. The Hall–Kier alpha value is -2.49. The lowest BCUT2D eigenvalue weighted by Crippen LogP contribution is -2.08. The molecule has 0 bridgehead atoms. The lowest BCUT2D eigenvalue weighted by atomic mass is 10.1. The zero-order valence-electron chi connectivity index (χ0n) is 20.2. The molecule has 1 aromatic heterocycles. The van der Waals surface area contributed by atoms with Crippen molar-refractivity contribution in [2.75, 3.05) is 6.61 Å². The quantitative estimate of drug-likeness (QED) is 0.165. The van der Waals surface area contributed by atoms with Gasteiger partial charge in [-0.25, -0.2) is 14.8 Å². The van der Waals surface area contributed by atoms with Gasteiger partial charge in [-0.15, -0.1) is 0 Å². The Balaban J connectivity index is 1.74. The predicted octanol–water partition coefficient (Wildman–Crippen LogP) is 7.43. The summed E-state index contributed by atoms with van der Waals surface area (Å²) in [5, 5.41) is 0. The maximum atomic E-state index is 11.8. The number of esters is 1. The molecule has 0 radical (unpaired) electrons. The molecule has 4 heteroatoms. The number of nitrogens with zero attached hydrogens (tertiary/aromatic N) is 2. The molecule has 0 spiro atoms. The molecule has 0 saturated heterocycles. The molecule has 1 heterocycles. The Morgan fingerprint density at radius 2 is 1.56 bits per heavy atom. The highest BCUT2D eigenvalue weighted by atomic mass is 16.5. The van der Waals surface area contributed by atoms with Gasteiger partial charge in [-0.1, -0.05) is 96.4 Å². The fourth-order valence-electron chi connectivity index (χ4n) is 3.39. The predicted molar refractivity (Wildman–Crippen MR) is 133 cm³/mol. The van der Waals surface area contributed by atoms with E-state index in [1.54, 1.807) is 6.08 Å². The summed E-state index contributed by atoms with van der Waals surface area (Å²) >= 11 is 0. The molecule has 0 saturated carbocycles. The second kappa shape index (κ2) is 15.3. The van der Waals surface area contributed by atoms with Gasteiger partial charge in [-0.2, -0.15) is 0 Å². The van der Waals surface area contributed by atoms with E-state index in [1.807, 2.05) is 36.7 Å². The van der Waals surface area contributed by atoms with Gasteiger partial charge in [0.2, 0.25) is 0 Å². The monoisotopic (exact) mass is 436 g/mol. The second-order valence-electron chi connectivity index (χ2n) is 8.74. The molecule has 0 fully saturated rings. The number of aryl methyl sites for hydroxylation is 1. The Morgan fingerprint density at radius 1 is 0.938 bits per heavy atom. The summed E-state index contributed by atoms with van der Waals surface area (Å²) in [7, 11) is 0. The molecule has 32 heavy (non-hydrogen) atoms. The van der Waals surface area contributed by atoms with E-state index in [2.05, 4.69) is 30.7 Å². The van der Waals surface area contributed by atoms with Crippen LogP contribution in [0.2, 0.25) is 0 Å². The van der Waals surface area contributed by atoms with Crippen molar-refractivity contribution >= 4 is 12.0 Å². The molecule has 0 aliphatic rings. The maximum absolute atomic E-state index is 11.8. The van der Waals surface area contributed by atoms with E-state index in [9.17, 15) is 4.79 Å². The van der Waals surface area contributed by atoms with Crippen molar-refractivity contribution in [1.29, 1.82) is 0 Å². The number of carbonyl (C=O) groups is 1. The van der Waals surface area contributed by atoms with Crippen LogP contribution in [0.25, 0.3) is 17.5 Å². The molecule has 1 aromatic carbocycles. The van der Waals surface area contributed by atoms with E-state index in [0.29, 0.717) is 12.5 Å². The summed E-state index contributed by atoms with van der Waals surface area (Å²) < 4.78 is 5.24. The van der Waals surface area contributed by atoms with Gasteiger partial charge in [0.25, 0.3) is 0 Å². The van der Waals surface area contributed by atoms with Crippen LogP contribution in [0.1, 0.15) is 89.7 Å². The van der Waals surface area contributed by atoms with Gasteiger partial charge in [0.15, 0.2) is 5.82 Å². The lowest BCUT2D eigenvalue weighted by molar-refractivity contribution is -0.138. The molecule has 0 amide bonds. The fourth-order valence-corrected chi connectivity index (χ4v) is 3.39. The second-order valence-corrected chi connectivity index (χ2v) is 8.74. The largest absolute Gasteiger partial charge is 0.462 e. The molecule has 4 nitrogen and oxygen atoms in total. The molecule has 0 aliphatic heterocycles. The minimum atomic E-state index is -0.301. The zero-order chi connectivity index (χ0) is 23.0. The summed E-state index contributed by atoms with van der Waals surface area (Å²) in [6, 6.07) is 7.90. The number of aromatic nitrogens is 2. The first-order valence-electron chi connectivity index (χ1n) is 12.4. The average molecular weight is 437 g/mol. The number of hydrogen-bond acceptors (Lipinski definition) is 4. The van der Waals surface area contributed by atoms with E-state index < -0.39 is 0 Å². The zero-order valence-corrected chi connectivity index (χ0v) is 20.2. The van der Waals surface area contributed by atoms with Crippen LogP contribution in [-0.2, 0) is 16.0 Å². The first-order valence-corrected chi connectivity index (χ1v) is 12.4. The van der Waals surface area contributed by atoms with Crippen molar-refractivity contribution in [2.45, 2.75) is 85.0 Å². The third kappa shape index (κ3) is 10.2. The van der Waals surface area contributed by atoms with Crippen LogP contribution in [0.4, 0.5) is 0 Å². The Labute approximate surface area is 194 Å². The van der Waals surface area contributed by atoms with Crippen LogP contribution in [-0.4, -0.2) is 22.5 Å². The maximum Gasteiger partial charge on any atom is 0.330 e. The third-order valence-electron chi connectivity index (χ3n) is 5.81. The van der Waals surface area contributed by atoms with Crippen LogP contribution in [0.3, 0.4) is 0 Å². The Bertz CT molecular complexity index is 797. The van der Waals surface area contributed by atoms with Crippen LogP contribution in [0.15, 0.2) is 42.7 Å². The van der Waals surface area contributed by atoms with Crippen LogP contribution < -0.4 is 0 Å². The molecule has 1 unspecified atom stereocenters. The molecular weight excluding hydrogens is 396 g/mol. The van der Waals surface area contributed by atoms with Crippen molar-refractivity contribution in [3.63, 3.8) is 0 Å². The van der Waals surface area contributed by atoms with Gasteiger partial charge in [0.05, 0.1) is 6.61 Å². The highest BCUT2D eigenvalue weighted by Crippen LogP contribution is 2.17. The molecule has 0 N–H and O–H groups in total. The fraction of sp³-hybridized carbons (Fsp3) is 0.536. The smallest absolute Gasteiger partial charge is 0.330 e. The van der Waals surface area contributed by atoms with E-state index in [-0.39, 0.29) is 5.97 Å². The van der Waals surface area contributed by atoms with Crippen molar-refractivity contribution < 1.29 is 9.53 Å². The minimum absolute atomic E-state index is 0.301. The minimum Gasteiger partial charge on any atom is -0.462 e. The van der Waals surface area contributed by atoms with E-state index in [0.717, 1.165) is 29.8 Å². The molecular formula is C28H40N2O2. The number of unbranched alkanes of at least 4 members (excludes halogenated alkanes) is 7. The van der Waals surface area contributed by atoms with Crippen LogP contribution >= 0.6 is 0 Å². The molecule has 1 atom stereocenters. The van der Waals surface area contributed by atoms with E-state index >= 15 is 0 Å². The summed E-state index contributed by atoms with van der Waals surface area (Å²) in [4.78, 5) is 20.9. The Kier molecular flexibility index (Phi) is 12.3. The normalized spacial score (nSPS) is 12.2. The summed E-state index contributed by atoms with van der Waals surface area (Å²) in [6.45, 7) is 6.88. The van der Waals surface area contributed by atoms with Crippen molar-refractivity contribution in [1.82, 2.24) is 9.97 Å². The Morgan fingerprint density at radius 3 is 2.19 bits per heavy atom. The molecule has 0 aliphatic carbocycles. The number of rotatable bonds is 15. The van der Waals surface area contributed by atoms with Crippen LogP contribution in [0, 0.1) is 5.92 Å². The third-order valence-corrected chi connectivity index (χ3v) is 5.81. The lowest BCUT2D eigenvalue weighted by Gasteiger charge is -2.07. The van der Waals surface area contributed by atoms with Gasteiger partial charge in [0.1, 0.15) is 0 Å². The van der Waals surface area contributed by atoms with Crippen molar-refractivity contribution in [3.05, 3.63) is 53.9 Å². The van der Waals surface area contributed by atoms with E-state index in [4.69, 9.17) is 4.74 Å². The first-order chi connectivity index (χ1) is 15.6. The standard InChI is InChI=1S/C28H40N2O2/c1-4-6-7-8-9-10-11-12-13-25-20-29-28(30-21-25)26-17-14-24(15-18-26)16-19-27(31)32-22-23(3)5-2/h14-21,23H,4-13,22H2,1-3H3. The van der Waals surface area contributed by atoms with Crippen LogP contribution in [0.5, 0.6) is 0 Å². The van der Waals surface area contributed by atoms with Gasteiger partial charge in [0, 0.05) is 24.0 Å². The number of benzene rings is 1. The number of hydrogen-bond donors (Lipinski definition) is 0. The SMILES string of the molecule is CCCCCCCCCCc1cnc(-c2ccc(C=CC(=O)OCC(C)CC)cc2)nc1. The van der Waals surface area contributed by atoms with E-state index in [1.165, 1.54) is 63.0 Å².